The van der Waals surface area contributed by atoms with Crippen LogP contribution in [0.15, 0.2) is 48.5 Å². The number of aryl methyl sites for hydroxylation is 1. The van der Waals surface area contributed by atoms with Crippen molar-refractivity contribution in [2.45, 2.75) is 50.6 Å². The highest BCUT2D eigenvalue weighted by atomic mass is 16.4. The highest BCUT2D eigenvalue weighted by Gasteiger charge is 2.40. The maximum atomic E-state index is 12.9. The number of carboxylic acid groups (broad SMARTS) is 1. The molecule has 0 spiro atoms. The molecule has 0 saturated carbocycles. The molecule has 1 saturated heterocycles. The van der Waals surface area contributed by atoms with Crippen molar-refractivity contribution >= 4 is 17.8 Å². The summed E-state index contributed by atoms with van der Waals surface area (Å²) in [6.07, 6.45) is 3.50. The van der Waals surface area contributed by atoms with Gasteiger partial charge < -0.3 is 21.1 Å². The highest BCUT2D eigenvalue weighted by molar-refractivity contribution is 5.94. The van der Waals surface area contributed by atoms with Gasteiger partial charge in [-0.05, 0) is 60.9 Å². The molecule has 1 unspecified atom stereocenters. The third-order valence-electron chi connectivity index (χ3n) is 6.69. The number of nitrogens with one attached hydrogen (secondary N) is 1. The molecule has 33 heavy (non-hydrogen) atoms. The summed E-state index contributed by atoms with van der Waals surface area (Å²) in [6, 6.07) is 15.7. The van der Waals surface area contributed by atoms with Gasteiger partial charge in [-0.3, -0.25) is 14.4 Å². The van der Waals surface area contributed by atoms with Gasteiger partial charge in [0.25, 0.3) is 5.91 Å². The molecule has 2 aromatic rings. The van der Waals surface area contributed by atoms with Gasteiger partial charge in [-0.15, -0.1) is 0 Å². The number of aliphatic carboxylic acids is 1. The minimum Gasteiger partial charge on any atom is -0.481 e. The molecule has 7 nitrogen and oxygen atoms in total. The molecule has 2 aromatic carbocycles. The van der Waals surface area contributed by atoms with E-state index >= 15 is 0 Å². The number of nitrogens with zero attached hydrogens (tertiary/aromatic N) is 1. The van der Waals surface area contributed by atoms with E-state index in [1.165, 1.54) is 11.1 Å². The lowest BCUT2D eigenvalue weighted by molar-refractivity contribution is -0.142. The normalized spacial score (nSPS) is 21.8. The minimum absolute atomic E-state index is 0.110. The van der Waals surface area contributed by atoms with Crippen LogP contribution in [0.25, 0.3) is 0 Å². The van der Waals surface area contributed by atoms with Crippen LogP contribution in [0.4, 0.5) is 0 Å². The fourth-order valence-electron chi connectivity index (χ4n) is 5.04. The predicted molar refractivity (Wildman–Crippen MR) is 125 cm³/mol. The van der Waals surface area contributed by atoms with Crippen molar-refractivity contribution in [1.82, 2.24) is 10.2 Å². The number of carbonyl (C=O) groups excluding carboxylic acids is 2. The molecule has 174 valence electrons. The Morgan fingerprint density at radius 3 is 2.61 bits per heavy atom. The zero-order chi connectivity index (χ0) is 23.4. The van der Waals surface area contributed by atoms with Crippen LogP contribution < -0.4 is 11.1 Å². The Kier molecular flexibility index (Phi) is 7.08. The zero-order valence-electron chi connectivity index (χ0n) is 18.7. The van der Waals surface area contributed by atoms with Gasteiger partial charge in [0, 0.05) is 30.7 Å². The first-order chi connectivity index (χ1) is 15.9. The van der Waals surface area contributed by atoms with Crippen LogP contribution in [0.5, 0.6) is 0 Å². The average molecular weight is 450 g/mol. The number of carboxylic acids is 1. The molecular formula is C26H31N3O4. The van der Waals surface area contributed by atoms with Gasteiger partial charge in [0.2, 0.25) is 5.91 Å². The number of fused-ring (bicyclic) bond motifs is 1. The number of rotatable bonds is 9. The number of hydrogen-bond acceptors (Lipinski definition) is 4. The summed E-state index contributed by atoms with van der Waals surface area (Å²) >= 11 is 0. The van der Waals surface area contributed by atoms with Gasteiger partial charge in [0.15, 0.2) is 0 Å². The summed E-state index contributed by atoms with van der Waals surface area (Å²) in [6.45, 7) is 0.851. The largest absolute Gasteiger partial charge is 0.481 e. The summed E-state index contributed by atoms with van der Waals surface area (Å²) in [5.74, 6) is -1.82. The lowest BCUT2D eigenvalue weighted by Gasteiger charge is -2.25. The molecule has 7 heteroatoms. The lowest BCUT2D eigenvalue weighted by Crippen LogP contribution is -2.42. The molecule has 4 rings (SSSR count). The Morgan fingerprint density at radius 2 is 1.85 bits per heavy atom. The molecule has 0 bridgehead atoms. The van der Waals surface area contributed by atoms with E-state index in [0.29, 0.717) is 25.1 Å². The Bertz CT molecular complexity index is 1020. The first kappa shape index (κ1) is 23.0. The van der Waals surface area contributed by atoms with Crippen molar-refractivity contribution in [3.05, 3.63) is 70.8 Å². The van der Waals surface area contributed by atoms with Crippen molar-refractivity contribution in [3.63, 3.8) is 0 Å². The molecule has 2 amide bonds. The van der Waals surface area contributed by atoms with Crippen LogP contribution in [0.3, 0.4) is 0 Å². The van der Waals surface area contributed by atoms with E-state index < -0.39 is 11.9 Å². The summed E-state index contributed by atoms with van der Waals surface area (Å²) < 4.78 is 0. The van der Waals surface area contributed by atoms with Gasteiger partial charge >= 0.3 is 5.97 Å². The maximum absolute atomic E-state index is 12.9. The Balaban J connectivity index is 1.37. The third kappa shape index (κ3) is 5.60. The van der Waals surface area contributed by atoms with Crippen molar-refractivity contribution in [1.29, 1.82) is 0 Å². The quantitative estimate of drug-likeness (QED) is 0.543. The number of amides is 2. The van der Waals surface area contributed by atoms with Crippen LogP contribution in [-0.4, -0.2) is 53.0 Å². The van der Waals surface area contributed by atoms with E-state index in [2.05, 4.69) is 17.4 Å². The van der Waals surface area contributed by atoms with Crippen molar-refractivity contribution < 1.29 is 19.5 Å². The topological polar surface area (TPSA) is 113 Å². The number of likely N-dealkylation sites (tertiary alicyclic amines) is 1. The molecule has 3 atom stereocenters. The first-order valence-electron chi connectivity index (χ1n) is 11.6. The van der Waals surface area contributed by atoms with Gasteiger partial charge in [-0.2, -0.15) is 0 Å². The highest BCUT2D eigenvalue weighted by Crippen LogP contribution is 2.28. The minimum atomic E-state index is -0.973. The fourth-order valence-corrected chi connectivity index (χ4v) is 5.04. The average Bonchev–Trinajstić information content (AvgIpc) is 3.31. The number of hydrogen-bond donors (Lipinski definition) is 3. The molecule has 1 heterocycles. The van der Waals surface area contributed by atoms with Crippen molar-refractivity contribution in [2.24, 2.45) is 11.7 Å². The molecule has 4 N–H and O–H groups in total. The summed E-state index contributed by atoms with van der Waals surface area (Å²) in [7, 11) is 0. The summed E-state index contributed by atoms with van der Waals surface area (Å²) in [5, 5.41) is 12.2. The summed E-state index contributed by atoms with van der Waals surface area (Å²) in [4.78, 5) is 38.7. The molecule has 2 aliphatic rings. The fraction of sp³-hybridized carbons (Fsp3) is 0.423. The van der Waals surface area contributed by atoms with E-state index in [-0.39, 0.29) is 30.3 Å². The first-order valence-corrected chi connectivity index (χ1v) is 11.6. The maximum Gasteiger partial charge on any atom is 0.304 e. The Morgan fingerprint density at radius 1 is 1.09 bits per heavy atom. The second-order valence-electron chi connectivity index (χ2n) is 9.17. The van der Waals surface area contributed by atoms with Crippen LogP contribution in [0.1, 0.15) is 46.3 Å². The summed E-state index contributed by atoms with van der Waals surface area (Å²) in [5.41, 5.74) is 10.1. The Hall–Kier alpha value is -3.19. The van der Waals surface area contributed by atoms with Crippen LogP contribution in [-0.2, 0) is 28.9 Å². The molecule has 0 aromatic heterocycles. The lowest BCUT2D eigenvalue weighted by atomic mass is 10.0. The van der Waals surface area contributed by atoms with Gasteiger partial charge in [-0.1, -0.05) is 36.4 Å². The van der Waals surface area contributed by atoms with Gasteiger partial charge in [0.1, 0.15) is 0 Å². The van der Waals surface area contributed by atoms with E-state index in [4.69, 9.17) is 5.73 Å². The standard InChI is InChI=1S/C26H31N3O4/c27-22-12-18-8-9-19(11-20(18)13-22)25(32)28-16-23-14-21(15-24(30)31)26(33)29(23)10-4-7-17-5-2-1-3-6-17/h1-3,5-6,8-9,11,21-23H,4,7,10,12-16,27H2,(H,28,32)(H,30,31)/t21-,22?,23-/m0/s1. The van der Waals surface area contributed by atoms with E-state index in [0.717, 1.165) is 31.2 Å². The van der Waals surface area contributed by atoms with Gasteiger partial charge in [0.05, 0.1) is 12.3 Å². The van der Waals surface area contributed by atoms with E-state index in [1.54, 1.807) is 4.90 Å². The second-order valence-corrected chi connectivity index (χ2v) is 9.17. The Labute approximate surface area is 194 Å². The van der Waals surface area contributed by atoms with Crippen LogP contribution in [0.2, 0.25) is 0 Å². The molecule has 1 aliphatic heterocycles. The predicted octanol–water partition coefficient (Wildman–Crippen LogP) is 2.17. The smallest absolute Gasteiger partial charge is 0.304 e. The molecular weight excluding hydrogens is 418 g/mol. The number of benzene rings is 2. The van der Waals surface area contributed by atoms with Crippen molar-refractivity contribution in [2.75, 3.05) is 13.1 Å². The van der Waals surface area contributed by atoms with Crippen LogP contribution in [0, 0.1) is 5.92 Å². The van der Waals surface area contributed by atoms with Crippen LogP contribution >= 0.6 is 0 Å². The van der Waals surface area contributed by atoms with E-state index in [1.807, 2.05) is 36.4 Å². The number of nitrogens with two attached hydrogens (primary N) is 1. The zero-order valence-corrected chi connectivity index (χ0v) is 18.7. The third-order valence-corrected chi connectivity index (χ3v) is 6.69. The van der Waals surface area contributed by atoms with Gasteiger partial charge in [-0.25, -0.2) is 0 Å². The number of carbonyl (C=O) groups is 3. The molecule has 0 radical (unpaired) electrons. The SMILES string of the molecule is NC1Cc2ccc(C(=O)NC[C@@H]3C[C@@H](CC(=O)O)C(=O)N3CCCc3ccccc3)cc2C1. The van der Waals surface area contributed by atoms with E-state index in [9.17, 15) is 19.5 Å². The second kappa shape index (κ2) is 10.2. The van der Waals surface area contributed by atoms with Crippen molar-refractivity contribution in [3.8, 4) is 0 Å². The molecule has 1 aliphatic carbocycles. The monoisotopic (exact) mass is 449 g/mol. The molecule has 1 fully saturated rings.